The van der Waals surface area contributed by atoms with Crippen molar-refractivity contribution in [3.05, 3.63) is 29.3 Å². The van der Waals surface area contributed by atoms with E-state index in [1.807, 2.05) is 32.0 Å². The molecule has 4 nitrogen and oxygen atoms in total. The van der Waals surface area contributed by atoms with Gasteiger partial charge in [-0.3, -0.25) is 4.79 Å². The SMILES string of the molecule is Cc1cccc(C)c1NC(=O)CCN1CCNCC1. The van der Waals surface area contributed by atoms with Crippen molar-refractivity contribution in [3.63, 3.8) is 0 Å². The molecule has 1 amide bonds. The summed E-state index contributed by atoms with van der Waals surface area (Å²) in [6, 6.07) is 6.07. The van der Waals surface area contributed by atoms with Crippen LogP contribution in [0.3, 0.4) is 0 Å². The molecule has 0 saturated carbocycles. The summed E-state index contributed by atoms with van der Waals surface area (Å²) in [4.78, 5) is 14.3. The molecule has 1 fully saturated rings. The third-order valence-corrected chi connectivity index (χ3v) is 3.61. The molecule has 2 N–H and O–H groups in total. The number of para-hydroxylation sites is 1. The number of carbonyl (C=O) groups excluding carboxylic acids is 1. The van der Waals surface area contributed by atoms with Crippen LogP contribution < -0.4 is 10.6 Å². The fourth-order valence-electron chi connectivity index (χ4n) is 2.41. The van der Waals surface area contributed by atoms with Gasteiger partial charge in [-0.1, -0.05) is 18.2 Å². The number of anilines is 1. The highest BCUT2D eigenvalue weighted by atomic mass is 16.1. The Bertz CT molecular complexity index is 419. The summed E-state index contributed by atoms with van der Waals surface area (Å²) in [5, 5.41) is 6.35. The number of aryl methyl sites for hydroxylation is 2. The van der Waals surface area contributed by atoms with E-state index in [9.17, 15) is 4.79 Å². The molecule has 0 atom stereocenters. The highest BCUT2D eigenvalue weighted by Crippen LogP contribution is 2.19. The Labute approximate surface area is 115 Å². The van der Waals surface area contributed by atoms with Crippen molar-refractivity contribution >= 4 is 11.6 Å². The maximum absolute atomic E-state index is 12.0. The van der Waals surface area contributed by atoms with Gasteiger partial charge in [-0.2, -0.15) is 0 Å². The number of nitrogens with one attached hydrogen (secondary N) is 2. The molecule has 0 spiro atoms. The summed E-state index contributed by atoms with van der Waals surface area (Å²) in [6.07, 6.45) is 0.563. The predicted molar refractivity (Wildman–Crippen MR) is 78.5 cm³/mol. The molecule has 0 radical (unpaired) electrons. The molecule has 4 heteroatoms. The summed E-state index contributed by atoms with van der Waals surface area (Å²) >= 11 is 0. The lowest BCUT2D eigenvalue weighted by Gasteiger charge is -2.26. The van der Waals surface area contributed by atoms with Crippen molar-refractivity contribution in [3.8, 4) is 0 Å². The second-order valence-corrected chi connectivity index (χ2v) is 5.16. The van der Waals surface area contributed by atoms with Gasteiger partial charge in [-0.25, -0.2) is 0 Å². The topological polar surface area (TPSA) is 44.4 Å². The van der Waals surface area contributed by atoms with E-state index in [0.29, 0.717) is 6.42 Å². The van der Waals surface area contributed by atoms with Gasteiger partial charge in [0, 0.05) is 44.8 Å². The Kier molecular flexibility index (Phi) is 4.93. The molecule has 1 aromatic carbocycles. The van der Waals surface area contributed by atoms with Crippen molar-refractivity contribution in [2.75, 3.05) is 38.0 Å². The Morgan fingerprint density at radius 2 is 1.89 bits per heavy atom. The zero-order valence-electron chi connectivity index (χ0n) is 11.8. The van der Waals surface area contributed by atoms with Crippen molar-refractivity contribution in [1.29, 1.82) is 0 Å². The van der Waals surface area contributed by atoms with E-state index in [4.69, 9.17) is 0 Å². The maximum Gasteiger partial charge on any atom is 0.225 e. The molecule has 1 aliphatic heterocycles. The fraction of sp³-hybridized carbons (Fsp3) is 0.533. The Morgan fingerprint density at radius 3 is 2.53 bits per heavy atom. The van der Waals surface area contributed by atoms with Gasteiger partial charge in [-0.05, 0) is 25.0 Å². The van der Waals surface area contributed by atoms with E-state index in [-0.39, 0.29) is 5.91 Å². The highest BCUT2D eigenvalue weighted by molar-refractivity contribution is 5.92. The van der Waals surface area contributed by atoms with Crippen LogP contribution in [0, 0.1) is 13.8 Å². The molecule has 1 saturated heterocycles. The zero-order valence-corrected chi connectivity index (χ0v) is 11.8. The van der Waals surface area contributed by atoms with Crippen LogP contribution in [-0.2, 0) is 4.79 Å². The first-order valence-electron chi connectivity index (χ1n) is 6.96. The van der Waals surface area contributed by atoms with Gasteiger partial charge in [-0.15, -0.1) is 0 Å². The van der Waals surface area contributed by atoms with Crippen LogP contribution in [-0.4, -0.2) is 43.5 Å². The number of piperazine rings is 1. The predicted octanol–water partition coefficient (Wildman–Crippen LogP) is 1.54. The van der Waals surface area contributed by atoms with Crippen molar-refractivity contribution in [2.24, 2.45) is 0 Å². The van der Waals surface area contributed by atoms with Gasteiger partial charge < -0.3 is 15.5 Å². The average Bonchev–Trinajstić information content (AvgIpc) is 2.42. The number of nitrogens with zero attached hydrogens (tertiary/aromatic N) is 1. The summed E-state index contributed by atoms with van der Waals surface area (Å²) in [5.74, 6) is 0.107. The van der Waals surface area contributed by atoms with Crippen LogP contribution in [0.4, 0.5) is 5.69 Å². The van der Waals surface area contributed by atoms with Gasteiger partial charge >= 0.3 is 0 Å². The molecule has 0 bridgehead atoms. The summed E-state index contributed by atoms with van der Waals surface area (Å²) in [5.41, 5.74) is 3.21. The molecule has 0 aliphatic carbocycles. The second-order valence-electron chi connectivity index (χ2n) is 5.16. The minimum absolute atomic E-state index is 0.107. The van der Waals surface area contributed by atoms with Crippen LogP contribution in [0.25, 0.3) is 0 Å². The van der Waals surface area contributed by atoms with Crippen molar-refractivity contribution in [2.45, 2.75) is 20.3 Å². The van der Waals surface area contributed by atoms with Crippen LogP contribution in [0.5, 0.6) is 0 Å². The molecular weight excluding hydrogens is 238 g/mol. The molecule has 0 unspecified atom stereocenters. The smallest absolute Gasteiger partial charge is 0.225 e. The normalized spacial score (nSPS) is 16.3. The van der Waals surface area contributed by atoms with Crippen LogP contribution >= 0.6 is 0 Å². The van der Waals surface area contributed by atoms with E-state index in [1.54, 1.807) is 0 Å². The van der Waals surface area contributed by atoms with E-state index in [0.717, 1.165) is 49.5 Å². The van der Waals surface area contributed by atoms with Gasteiger partial charge in [0.05, 0.1) is 0 Å². The molecular formula is C15H23N3O. The molecule has 1 aromatic rings. The lowest BCUT2D eigenvalue weighted by Crippen LogP contribution is -2.44. The van der Waals surface area contributed by atoms with Gasteiger partial charge in [0.2, 0.25) is 5.91 Å². The van der Waals surface area contributed by atoms with E-state index >= 15 is 0 Å². The molecule has 1 heterocycles. The fourth-order valence-corrected chi connectivity index (χ4v) is 2.41. The molecule has 0 aromatic heterocycles. The monoisotopic (exact) mass is 261 g/mol. The van der Waals surface area contributed by atoms with E-state index < -0.39 is 0 Å². The molecule has 104 valence electrons. The van der Waals surface area contributed by atoms with Crippen LogP contribution in [0.1, 0.15) is 17.5 Å². The Hall–Kier alpha value is -1.39. The third kappa shape index (κ3) is 4.04. The maximum atomic E-state index is 12.0. The van der Waals surface area contributed by atoms with Crippen LogP contribution in [0.2, 0.25) is 0 Å². The molecule has 19 heavy (non-hydrogen) atoms. The first-order chi connectivity index (χ1) is 9.16. The standard InChI is InChI=1S/C15H23N3O/c1-12-4-3-5-13(2)15(12)17-14(19)6-9-18-10-7-16-8-11-18/h3-5,16H,6-11H2,1-2H3,(H,17,19). The minimum Gasteiger partial charge on any atom is -0.326 e. The molecule has 2 rings (SSSR count). The lowest BCUT2D eigenvalue weighted by atomic mass is 10.1. The second kappa shape index (κ2) is 6.68. The Morgan fingerprint density at radius 1 is 1.26 bits per heavy atom. The highest BCUT2D eigenvalue weighted by Gasteiger charge is 2.12. The first-order valence-corrected chi connectivity index (χ1v) is 6.96. The number of rotatable bonds is 4. The largest absolute Gasteiger partial charge is 0.326 e. The lowest BCUT2D eigenvalue weighted by molar-refractivity contribution is -0.116. The summed E-state index contributed by atoms with van der Waals surface area (Å²) in [7, 11) is 0. The van der Waals surface area contributed by atoms with E-state index in [1.165, 1.54) is 0 Å². The van der Waals surface area contributed by atoms with Gasteiger partial charge in [0.25, 0.3) is 0 Å². The number of amides is 1. The number of hydrogen-bond donors (Lipinski definition) is 2. The number of carbonyl (C=O) groups is 1. The third-order valence-electron chi connectivity index (χ3n) is 3.61. The van der Waals surface area contributed by atoms with E-state index in [2.05, 4.69) is 15.5 Å². The summed E-state index contributed by atoms with van der Waals surface area (Å²) in [6.45, 7) is 9.03. The zero-order chi connectivity index (χ0) is 13.7. The van der Waals surface area contributed by atoms with Crippen molar-refractivity contribution in [1.82, 2.24) is 10.2 Å². The number of hydrogen-bond acceptors (Lipinski definition) is 3. The summed E-state index contributed by atoms with van der Waals surface area (Å²) < 4.78 is 0. The van der Waals surface area contributed by atoms with Crippen LogP contribution in [0.15, 0.2) is 18.2 Å². The average molecular weight is 261 g/mol. The quantitative estimate of drug-likeness (QED) is 0.864. The minimum atomic E-state index is 0.107. The van der Waals surface area contributed by atoms with Gasteiger partial charge in [0.15, 0.2) is 0 Å². The van der Waals surface area contributed by atoms with Crippen molar-refractivity contribution < 1.29 is 4.79 Å². The molecule has 1 aliphatic rings. The van der Waals surface area contributed by atoms with Gasteiger partial charge in [0.1, 0.15) is 0 Å². The first kappa shape index (κ1) is 14.0. The Balaban J connectivity index is 1.83. The number of benzene rings is 1.